The molecule has 0 aliphatic carbocycles. The maximum atomic E-state index is 14.2. The second-order valence-corrected chi connectivity index (χ2v) is 5.05. The minimum Gasteiger partial charge on any atom is -0.463 e. The topological polar surface area (TPSA) is 114 Å². The van der Waals surface area contributed by atoms with Crippen molar-refractivity contribution in [3.8, 4) is 0 Å². The van der Waals surface area contributed by atoms with Crippen LogP contribution in [0.25, 0.3) is 0 Å². The fourth-order valence-corrected chi connectivity index (χ4v) is 2.18. The van der Waals surface area contributed by atoms with Gasteiger partial charge in [0.2, 0.25) is 6.36 Å². The maximum Gasteiger partial charge on any atom is 0.303 e. The molecule has 1 rings (SSSR count). The summed E-state index contributed by atoms with van der Waals surface area (Å²) in [6, 6.07) is 0. The summed E-state index contributed by atoms with van der Waals surface area (Å²) in [5, 5.41) is 0. The molecular weight excluding hydrogens is 331 g/mol. The molecule has 0 aromatic rings. The average Bonchev–Trinajstić information content (AvgIpc) is 2.42. The molecule has 0 spiro atoms. The Bertz CT molecular complexity index is 506. The predicted octanol–water partition coefficient (Wildman–Crippen LogP) is 0.0390. The molecule has 9 nitrogen and oxygen atoms in total. The van der Waals surface area contributed by atoms with Crippen molar-refractivity contribution in [2.45, 2.75) is 58.5 Å². The smallest absolute Gasteiger partial charge is 0.303 e. The van der Waals surface area contributed by atoms with E-state index in [-0.39, 0.29) is 0 Å². The number of hydrogen-bond acceptors (Lipinski definition) is 9. The molecular formula is C14H19FO9. The Hall–Kier alpha value is -2.23. The molecule has 0 aromatic heterocycles. The molecule has 1 aliphatic heterocycles. The van der Waals surface area contributed by atoms with Crippen LogP contribution in [0.3, 0.4) is 0 Å². The van der Waals surface area contributed by atoms with Gasteiger partial charge in [-0.3, -0.25) is 19.2 Å². The first kappa shape index (κ1) is 19.8. The van der Waals surface area contributed by atoms with Crippen molar-refractivity contribution >= 4 is 23.9 Å². The number of halogens is 1. The monoisotopic (exact) mass is 350 g/mol. The summed E-state index contributed by atoms with van der Waals surface area (Å²) < 4.78 is 38.7. The van der Waals surface area contributed by atoms with E-state index in [9.17, 15) is 23.6 Å². The van der Waals surface area contributed by atoms with Gasteiger partial charge >= 0.3 is 23.9 Å². The van der Waals surface area contributed by atoms with E-state index in [1.807, 2.05) is 0 Å². The van der Waals surface area contributed by atoms with Crippen LogP contribution in [0.4, 0.5) is 4.39 Å². The second-order valence-electron chi connectivity index (χ2n) is 5.05. The Morgan fingerprint density at radius 1 is 0.792 bits per heavy atom. The minimum absolute atomic E-state index is 0.446. The Labute approximate surface area is 137 Å². The Kier molecular flexibility index (Phi) is 7.08. The van der Waals surface area contributed by atoms with Crippen LogP contribution in [0.15, 0.2) is 0 Å². The van der Waals surface area contributed by atoms with Gasteiger partial charge in [-0.2, -0.15) is 0 Å². The fraction of sp³-hybridized carbons (Fsp3) is 0.714. The van der Waals surface area contributed by atoms with Crippen LogP contribution in [-0.4, -0.2) is 61.3 Å². The minimum atomic E-state index is -2.18. The standard InChI is InChI=1S/C14H19FO9/c1-6(16)20-5-10-11(21-7(2)17)12(22-8(3)18)13(14(15)24-10)23-9(4)19/h10-14H,5H2,1-4H3/t10-,11+,12+,13+,14-/m0/s1. The highest BCUT2D eigenvalue weighted by molar-refractivity contribution is 5.68. The summed E-state index contributed by atoms with van der Waals surface area (Å²) in [7, 11) is 0. The highest BCUT2D eigenvalue weighted by Gasteiger charge is 2.52. The molecule has 0 radical (unpaired) electrons. The molecule has 1 aliphatic rings. The number of ether oxygens (including phenoxy) is 5. The van der Waals surface area contributed by atoms with E-state index in [1.54, 1.807) is 0 Å². The van der Waals surface area contributed by atoms with Gasteiger partial charge in [-0.05, 0) is 0 Å². The summed E-state index contributed by atoms with van der Waals surface area (Å²) in [5.41, 5.74) is 0. The van der Waals surface area contributed by atoms with Gasteiger partial charge in [0, 0.05) is 27.7 Å². The van der Waals surface area contributed by atoms with Gasteiger partial charge in [-0.15, -0.1) is 0 Å². The number of carbonyl (C=O) groups is 4. The van der Waals surface area contributed by atoms with Crippen LogP contribution in [0, 0.1) is 0 Å². The molecule has 136 valence electrons. The first-order valence-corrected chi connectivity index (χ1v) is 7.06. The van der Waals surface area contributed by atoms with Gasteiger partial charge in [0.25, 0.3) is 0 Å². The molecule has 0 aromatic carbocycles. The predicted molar refractivity (Wildman–Crippen MR) is 73.1 cm³/mol. The van der Waals surface area contributed by atoms with Crippen molar-refractivity contribution in [1.29, 1.82) is 0 Å². The van der Waals surface area contributed by atoms with Crippen molar-refractivity contribution in [2.24, 2.45) is 0 Å². The average molecular weight is 350 g/mol. The molecule has 0 N–H and O–H groups in total. The van der Waals surface area contributed by atoms with E-state index >= 15 is 0 Å². The van der Waals surface area contributed by atoms with Gasteiger partial charge in [0.05, 0.1) is 0 Å². The maximum absolute atomic E-state index is 14.2. The van der Waals surface area contributed by atoms with Gasteiger partial charge in [-0.1, -0.05) is 0 Å². The van der Waals surface area contributed by atoms with E-state index in [4.69, 9.17) is 23.7 Å². The van der Waals surface area contributed by atoms with Gasteiger partial charge in [0.1, 0.15) is 12.7 Å². The van der Waals surface area contributed by atoms with Gasteiger partial charge in [0.15, 0.2) is 18.3 Å². The van der Waals surface area contributed by atoms with E-state index in [0.29, 0.717) is 0 Å². The SMILES string of the molecule is CC(=O)OC[C@@H]1O[C@H](F)[C@H](OC(C)=O)[C@H](OC(C)=O)[C@@H]1OC(C)=O. The Morgan fingerprint density at radius 2 is 1.25 bits per heavy atom. The molecule has 5 atom stereocenters. The largest absolute Gasteiger partial charge is 0.463 e. The molecule has 1 heterocycles. The third-order valence-corrected chi connectivity index (χ3v) is 2.93. The van der Waals surface area contributed by atoms with Gasteiger partial charge < -0.3 is 23.7 Å². The third-order valence-electron chi connectivity index (χ3n) is 2.93. The van der Waals surface area contributed by atoms with Crippen LogP contribution < -0.4 is 0 Å². The van der Waals surface area contributed by atoms with E-state index in [1.165, 1.54) is 0 Å². The molecule has 0 saturated carbocycles. The molecule has 24 heavy (non-hydrogen) atoms. The van der Waals surface area contributed by atoms with Crippen molar-refractivity contribution < 1.29 is 47.3 Å². The molecule has 0 bridgehead atoms. The Balaban J connectivity index is 3.11. The number of rotatable bonds is 5. The van der Waals surface area contributed by atoms with Crippen LogP contribution in [0.5, 0.6) is 0 Å². The number of alkyl halides is 1. The van der Waals surface area contributed by atoms with Crippen molar-refractivity contribution in [2.75, 3.05) is 6.61 Å². The van der Waals surface area contributed by atoms with Crippen molar-refractivity contribution in [3.63, 3.8) is 0 Å². The fourth-order valence-electron chi connectivity index (χ4n) is 2.18. The normalized spacial score (nSPS) is 29.3. The second kappa shape index (κ2) is 8.57. The number of esters is 4. The molecule has 0 unspecified atom stereocenters. The van der Waals surface area contributed by atoms with Crippen LogP contribution in [0.2, 0.25) is 0 Å². The lowest BCUT2D eigenvalue weighted by Gasteiger charge is -2.41. The van der Waals surface area contributed by atoms with Crippen molar-refractivity contribution in [1.82, 2.24) is 0 Å². The zero-order valence-electron chi connectivity index (χ0n) is 13.6. The first-order chi connectivity index (χ1) is 11.1. The zero-order chi connectivity index (χ0) is 18.4. The summed E-state index contributed by atoms with van der Waals surface area (Å²) in [5.74, 6) is -3.09. The van der Waals surface area contributed by atoms with E-state index in [0.717, 1.165) is 27.7 Å². The van der Waals surface area contributed by atoms with E-state index < -0.39 is 61.3 Å². The molecule has 0 amide bonds. The summed E-state index contributed by atoms with van der Waals surface area (Å²) in [6.45, 7) is 3.85. The molecule has 1 fully saturated rings. The number of hydrogen-bond donors (Lipinski definition) is 0. The third kappa shape index (κ3) is 5.76. The Morgan fingerprint density at radius 3 is 1.71 bits per heavy atom. The highest BCUT2D eigenvalue weighted by atomic mass is 19.1. The zero-order valence-corrected chi connectivity index (χ0v) is 13.6. The van der Waals surface area contributed by atoms with Crippen molar-refractivity contribution in [3.05, 3.63) is 0 Å². The number of carbonyl (C=O) groups excluding carboxylic acids is 4. The summed E-state index contributed by atoms with van der Waals surface area (Å²) in [6.07, 6.45) is -7.85. The summed E-state index contributed by atoms with van der Waals surface area (Å²) >= 11 is 0. The lowest BCUT2D eigenvalue weighted by Crippen LogP contribution is -2.61. The van der Waals surface area contributed by atoms with E-state index in [2.05, 4.69) is 0 Å². The molecule has 10 heteroatoms. The van der Waals surface area contributed by atoms with Gasteiger partial charge in [-0.25, -0.2) is 4.39 Å². The quantitative estimate of drug-likeness (QED) is 0.500. The van der Waals surface area contributed by atoms with Crippen LogP contribution in [0.1, 0.15) is 27.7 Å². The lowest BCUT2D eigenvalue weighted by molar-refractivity contribution is -0.277. The summed E-state index contributed by atoms with van der Waals surface area (Å²) in [4.78, 5) is 44.7. The highest BCUT2D eigenvalue weighted by Crippen LogP contribution is 2.29. The molecule has 1 saturated heterocycles. The first-order valence-electron chi connectivity index (χ1n) is 7.06. The van der Waals surface area contributed by atoms with Crippen LogP contribution >= 0.6 is 0 Å². The lowest BCUT2D eigenvalue weighted by atomic mass is 9.98. The van der Waals surface area contributed by atoms with Crippen LogP contribution in [-0.2, 0) is 42.9 Å².